The van der Waals surface area contributed by atoms with Crippen LogP contribution in [0.15, 0.2) is 67.3 Å². The lowest BCUT2D eigenvalue weighted by Gasteiger charge is -2.06. The zero-order chi connectivity index (χ0) is 19.5. The first-order valence-electron chi connectivity index (χ1n) is 8.71. The first kappa shape index (κ1) is 17.5. The number of carbonyl (C=O) groups is 2. The lowest BCUT2D eigenvalue weighted by atomic mass is 10.1. The molecular weight excluding hydrogens is 356 g/mol. The highest BCUT2D eigenvalue weighted by molar-refractivity contribution is 6.01. The molecule has 2 amide bonds. The Balaban J connectivity index is 1.39. The number of hydrogen-bond acceptors (Lipinski definition) is 4. The normalized spacial score (nSPS) is 10.8. The first-order chi connectivity index (χ1) is 13.6. The van der Waals surface area contributed by atoms with E-state index in [1.165, 1.54) is 6.92 Å². The first-order valence-corrected chi connectivity index (χ1v) is 8.71. The van der Waals surface area contributed by atoms with Gasteiger partial charge < -0.3 is 15.0 Å². The van der Waals surface area contributed by atoms with E-state index in [1.54, 1.807) is 41.3 Å². The number of nitrogens with one attached hydrogen (secondary N) is 2. The van der Waals surface area contributed by atoms with Gasteiger partial charge in [0.15, 0.2) is 5.78 Å². The Kier molecular flexibility index (Phi) is 4.59. The summed E-state index contributed by atoms with van der Waals surface area (Å²) in [6, 6.07) is 12.2. The second-order valence-corrected chi connectivity index (χ2v) is 6.34. The van der Waals surface area contributed by atoms with Gasteiger partial charge in [0.25, 0.3) is 0 Å². The molecule has 4 rings (SSSR count). The van der Waals surface area contributed by atoms with Crippen LogP contribution in [0.2, 0.25) is 0 Å². The molecular formula is C20H18N6O2. The number of fused-ring (bicyclic) bond motifs is 1. The molecule has 140 valence electrons. The molecule has 3 aromatic heterocycles. The van der Waals surface area contributed by atoms with E-state index in [4.69, 9.17) is 0 Å². The number of rotatable bonds is 5. The van der Waals surface area contributed by atoms with Gasteiger partial charge in [-0.15, -0.1) is 0 Å². The van der Waals surface area contributed by atoms with Crippen LogP contribution >= 0.6 is 0 Å². The highest BCUT2D eigenvalue weighted by Crippen LogP contribution is 2.13. The van der Waals surface area contributed by atoms with E-state index in [0.29, 0.717) is 23.5 Å². The fourth-order valence-electron chi connectivity index (χ4n) is 2.85. The molecule has 0 radical (unpaired) electrons. The number of amides is 2. The minimum atomic E-state index is -0.409. The molecule has 3 heterocycles. The van der Waals surface area contributed by atoms with Gasteiger partial charge in [0.2, 0.25) is 0 Å². The van der Waals surface area contributed by atoms with Crippen molar-refractivity contribution in [2.45, 2.75) is 13.5 Å². The lowest BCUT2D eigenvalue weighted by molar-refractivity contribution is 0.101. The Bertz CT molecular complexity index is 1130. The summed E-state index contributed by atoms with van der Waals surface area (Å²) < 4.78 is 3.65. The third-order valence-corrected chi connectivity index (χ3v) is 4.16. The number of aromatic nitrogens is 4. The summed E-state index contributed by atoms with van der Waals surface area (Å²) in [7, 11) is 0. The van der Waals surface area contributed by atoms with E-state index in [0.717, 1.165) is 11.3 Å². The molecule has 0 saturated heterocycles. The number of hydrogen-bond donors (Lipinski definition) is 2. The second-order valence-electron chi connectivity index (χ2n) is 6.34. The highest BCUT2D eigenvalue weighted by atomic mass is 16.2. The van der Waals surface area contributed by atoms with Crippen LogP contribution in [0.25, 0.3) is 5.65 Å². The fraction of sp³-hybridized carbons (Fsp3) is 0.100. The second kappa shape index (κ2) is 7.36. The van der Waals surface area contributed by atoms with Crippen LogP contribution in [0, 0.1) is 0 Å². The zero-order valence-corrected chi connectivity index (χ0v) is 15.2. The van der Waals surface area contributed by atoms with Crippen LogP contribution in [0.5, 0.6) is 0 Å². The average molecular weight is 374 g/mol. The minimum absolute atomic E-state index is 0.0581. The summed E-state index contributed by atoms with van der Waals surface area (Å²) in [4.78, 5) is 28.2. The number of pyridine rings is 1. The molecule has 8 heteroatoms. The third kappa shape index (κ3) is 3.90. The predicted molar refractivity (Wildman–Crippen MR) is 106 cm³/mol. The summed E-state index contributed by atoms with van der Waals surface area (Å²) in [5.41, 5.74) is 3.38. The summed E-state index contributed by atoms with van der Waals surface area (Å²) in [5, 5.41) is 9.69. The van der Waals surface area contributed by atoms with Crippen LogP contribution in [0.4, 0.5) is 16.2 Å². The standard InChI is InChI=1S/C20H18N6O2/c1-14(27)15-5-4-6-16(9-15)23-20(28)24-17-10-21-26(12-17)13-18-11-25-8-3-2-7-19(25)22-18/h2-12H,13H2,1H3,(H2,23,24,28). The Hall–Kier alpha value is -3.94. The maximum atomic E-state index is 12.2. The van der Waals surface area contributed by atoms with Gasteiger partial charge >= 0.3 is 6.03 Å². The van der Waals surface area contributed by atoms with E-state index in [2.05, 4.69) is 20.7 Å². The summed E-state index contributed by atoms with van der Waals surface area (Å²) >= 11 is 0. The number of imidazole rings is 1. The predicted octanol–water partition coefficient (Wildman–Crippen LogP) is 3.43. The smallest absolute Gasteiger partial charge is 0.308 e. The monoisotopic (exact) mass is 374 g/mol. The zero-order valence-electron chi connectivity index (χ0n) is 15.2. The van der Waals surface area contributed by atoms with Crippen molar-refractivity contribution in [3.8, 4) is 0 Å². The van der Waals surface area contributed by atoms with Gasteiger partial charge in [-0.25, -0.2) is 9.78 Å². The third-order valence-electron chi connectivity index (χ3n) is 4.16. The van der Waals surface area contributed by atoms with E-state index < -0.39 is 6.03 Å². The van der Waals surface area contributed by atoms with E-state index in [9.17, 15) is 9.59 Å². The van der Waals surface area contributed by atoms with Gasteiger partial charge in [-0.05, 0) is 31.2 Å². The Morgan fingerprint density at radius 1 is 1.04 bits per heavy atom. The van der Waals surface area contributed by atoms with Crippen molar-refractivity contribution in [1.29, 1.82) is 0 Å². The van der Waals surface area contributed by atoms with Gasteiger partial charge in [0.05, 0.1) is 24.1 Å². The van der Waals surface area contributed by atoms with Crippen molar-refractivity contribution in [3.05, 3.63) is 78.5 Å². The van der Waals surface area contributed by atoms with Crippen LogP contribution in [-0.2, 0) is 6.54 Å². The Morgan fingerprint density at radius 2 is 1.89 bits per heavy atom. The lowest BCUT2D eigenvalue weighted by Crippen LogP contribution is -2.19. The number of ketones is 1. The molecule has 0 aliphatic heterocycles. The van der Waals surface area contributed by atoms with Crippen molar-refractivity contribution >= 4 is 28.8 Å². The van der Waals surface area contributed by atoms with Gasteiger partial charge in [-0.3, -0.25) is 9.48 Å². The molecule has 0 fully saturated rings. The molecule has 8 nitrogen and oxygen atoms in total. The highest BCUT2D eigenvalue weighted by Gasteiger charge is 2.08. The topological polar surface area (TPSA) is 93.3 Å². The molecule has 28 heavy (non-hydrogen) atoms. The quantitative estimate of drug-likeness (QED) is 0.524. The van der Waals surface area contributed by atoms with Gasteiger partial charge in [0, 0.05) is 29.8 Å². The number of benzene rings is 1. The Morgan fingerprint density at radius 3 is 2.71 bits per heavy atom. The molecule has 0 unspecified atom stereocenters. The maximum absolute atomic E-state index is 12.2. The Labute approximate surface area is 160 Å². The molecule has 0 aliphatic rings. The summed E-state index contributed by atoms with van der Waals surface area (Å²) in [6.45, 7) is 1.97. The number of urea groups is 1. The van der Waals surface area contributed by atoms with Crippen LogP contribution in [-0.4, -0.2) is 31.0 Å². The van der Waals surface area contributed by atoms with Gasteiger partial charge in [-0.2, -0.15) is 5.10 Å². The SMILES string of the molecule is CC(=O)c1cccc(NC(=O)Nc2cnn(Cc3cn4ccccc4n3)c2)c1. The van der Waals surface area contributed by atoms with Crippen LogP contribution in [0.3, 0.4) is 0 Å². The fourth-order valence-corrected chi connectivity index (χ4v) is 2.85. The van der Waals surface area contributed by atoms with Crippen molar-refractivity contribution in [2.24, 2.45) is 0 Å². The van der Waals surface area contributed by atoms with E-state index in [1.807, 2.05) is 35.0 Å². The molecule has 0 spiro atoms. The molecule has 0 aliphatic carbocycles. The number of anilines is 2. The molecule has 2 N–H and O–H groups in total. The maximum Gasteiger partial charge on any atom is 0.323 e. The molecule has 0 saturated carbocycles. The molecule has 1 aromatic carbocycles. The average Bonchev–Trinajstić information content (AvgIpc) is 3.28. The van der Waals surface area contributed by atoms with Crippen molar-refractivity contribution < 1.29 is 9.59 Å². The van der Waals surface area contributed by atoms with Crippen molar-refractivity contribution in [1.82, 2.24) is 19.2 Å². The van der Waals surface area contributed by atoms with Crippen molar-refractivity contribution in [3.63, 3.8) is 0 Å². The molecule has 0 bridgehead atoms. The molecule has 0 atom stereocenters. The number of carbonyl (C=O) groups excluding carboxylic acids is 2. The van der Waals surface area contributed by atoms with Gasteiger partial charge in [-0.1, -0.05) is 18.2 Å². The van der Waals surface area contributed by atoms with E-state index in [-0.39, 0.29) is 5.78 Å². The van der Waals surface area contributed by atoms with Crippen molar-refractivity contribution in [2.75, 3.05) is 10.6 Å². The van der Waals surface area contributed by atoms with Crippen LogP contribution < -0.4 is 10.6 Å². The number of Topliss-reactive ketones (excluding diaryl/α,β-unsaturated/α-hetero) is 1. The van der Waals surface area contributed by atoms with Crippen LogP contribution in [0.1, 0.15) is 23.0 Å². The minimum Gasteiger partial charge on any atom is -0.308 e. The summed E-state index contributed by atoms with van der Waals surface area (Å²) in [5.74, 6) is -0.0581. The van der Waals surface area contributed by atoms with Gasteiger partial charge in [0.1, 0.15) is 5.65 Å². The molecule has 4 aromatic rings. The largest absolute Gasteiger partial charge is 0.323 e. The van der Waals surface area contributed by atoms with E-state index >= 15 is 0 Å². The summed E-state index contributed by atoms with van der Waals surface area (Å²) in [6.07, 6.45) is 7.18. The number of nitrogens with zero attached hydrogens (tertiary/aromatic N) is 4.